The summed E-state index contributed by atoms with van der Waals surface area (Å²) in [5, 5.41) is 6.22. The van der Waals surface area contributed by atoms with Crippen LogP contribution in [0.25, 0.3) is 10.2 Å². The van der Waals surface area contributed by atoms with Crippen LogP contribution in [-0.2, 0) is 4.74 Å². The Morgan fingerprint density at radius 1 is 1.50 bits per heavy atom. The smallest absolute Gasteiger partial charge is 0.225 e. The van der Waals surface area contributed by atoms with E-state index in [-0.39, 0.29) is 6.10 Å². The number of hydrogen-bond acceptors (Lipinski definition) is 6. The maximum absolute atomic E-state index is 5.58. The summed E-state index contributed by atoms with van der Waals surface area (Å²) < 4.78 is 5.58. The Bertz CT molecular complexity index is 556. The summed E-state index contributed by atoms with van der Waals surface area (Å²) in [6.45, 7) is 4.61. The normalized spacial score (nSPS) is 20.3. The fourth-order valence-corrected chi connectivity index (χ4v) is 2.96. The van der Waals surface area contributed by atoms with Gasteiger partial charge in [-0.25, -0.2) is 4.98 Å². The molecule has 3 rings (SSSR count). The van der Waals surface area contributed by atoms with Crippen molar-refractivity contribution in [2.24, 2.45) is 0 Å². The highest BCUT2D eigenvalue weighted by Crippen LogP contribution is 2.29. The van der Waals surface area contributed by atoms with Crippen LogP contribution in [0.15, 0.2) is 11.4 Å². The third kappa shape index (κ3) is 2.02. The largest absolute Gasteiger partial charge is 0.375 e. The van der Waals surface area contributed by atoms with Gasteiger partial charge in [0.15, 0.2) is 0 Å². The lowest BCUT2D eigenvalue weighted by Crippen LogP contribution is -2.41. The maximum atomic E-state index is 5.58. The molecule has 1 aliphatic rings. The lowest BCUT2D eigenvalue weighted by Gasteiger charge is -2.32. The fourth-order valence-electron chi connectivity index (χ4n) is 2.20. The molecule has 2 aromatic rings. The van der Waals surface area contributed by atoms with Gasteiger partial charge in [-0.3, -0.25) is 0 Å². The molecule has 1 atom stereocenters. The van der Waals surface area contributed by atoms with Crippen LogP contribution in [0.2, 0.25) is 0 Å². The van der Waals surface area contributed by atoms with Crippen LogP contribution in [-0.4, -0.2) is 42.8 Å². The van der Waals surface area contributed by atoms with E-state index in [0.717, 1.165) is 35.7 Å². The van der Waals surface area contributed by atoms with Gasteiger partial charge in [0.2, 0.25) is 5.95 Å². The quantitative estimate of drug-likeness (QED) is 0.898. The van der Waals surface area contributed by atoms with Crippen LogP contribution >= 0.6 is 11.3 Å². The molecule has 0 spiro atoms. The summed E-state index contributed by atoms with van der Waals surface area (Å²) in [4.78, 5) is 12.4. The van der Waals surface area contributed by atoms with Gasteiger partial charge >= 0.3 is 0 Å². The molecule has 6 heteroatoms. The SMILES string of the molecule is CNc1nc(N2CCOC(C)C2)c2ccsc2n1. The van der Waals surface area contributed by atoms with Crippen molar-refractivity contribution in [1.29, 1.82) is 0 Å². The number of fused-ring (bicyclic) bond motifs is 1. The van der Waals surface area contributed by atoms with Gasteiger partial charge in [0.25, 0.3) is 0 Å². The third-order valence-corrected chi connectivity index (χ3v) is 3.88. The summed E-state index contributed by atoms with van der Waals surface area (Å²) in [6.07, 6.45) is 0.250. The van der Waals surface area contributed by atoms with Gasteiger partial charge < -0.3 is 15.0 Å². The number of aromatic nitrogens is 2. The van der Waals surface area contributed by atoms with E-state index < -0.39 is 0 Å². The van der Waals surface area contributed by atoms with Crippen LogP contribution in [0.3, 0.4) is 0 Å². The van der Waals surface area contributed by atoms with E-state index in [2.05, 4.69) is 38.6 Å². The van der Waals surface area contributed by atoms with Crippen molar-refractivity contribution in [3.63, 3.8) is 0 Å². The number of anilines is 2. The minimum absolute atomic E-state index is 0.250. The summed E-state index contributed by atoms with van der Waals surface area (Å²) in [7, 11) is 1.85. The Morgan fingerprint density at radius 3 is 3.17 bits per heavy atom. The Labute approximate surface area is 110 Å². The lowest BCUT2D eigenvalue weighted by molar-refractivity contribution is 0.0530. The molecule has 0 amide bonds. The van der Waals surface area contributed by atoms with Gasteiger partial charge in [0, 0.05) is 20.1 Å². The van der Waals surface area contributed by atoms with Crippen molar-refractivity contribution in [2.75, 3.05) is 37.0 Å². The van der Waals surface area contributed by atoms with Crippen molar-refractivity contribution in [3.05, 3.63) is 11.4 Å². The Kier molecular flexibility index (Phi) is 3.05. The Balaban J connectivity index is 2.05. The lowest BCUT2D eigenvalue weighted by atomic mass is 10.2. The number of nitrogens with one attached hydrogen (secondary N) is 1. The molecule has 0 bridgehead atoms. The molecule has 1 saturated heterocycles. The van der Waals surface area contributed by atoms with Crippen molar-refractivity contribution >= 4 is 33.3 Å². The van der Waals surface area contributed by atoms with Crippen LogP contribution in [0.1, 0.15) is 6.92 Å². The number of thiophene rings is 1. The highest BCUT2D eigenvalue weighted by Gasteiger charge is 2.21. The van der Waals surface area contributed by atoms with Crippen molar-refractivity contribution in [1.82, 2.24) is 9.97 Å². The van der Waals surface area contributed by atoms with Gasteiger partial charge in [-0.15, -0.1) is 11.3 Å². The van der Waals surface area contributed by atoms with Crippen molar-refractivity contribution in [2.45, 2.75) is 13.0 Å². The number of hydrogen-bond donors (Lipinski definition) is 1. The van der Waals surface area contributed by atoms with E-state index in [1.165, 1.54) is 0 Å². The van der Waals surface area contributed by atoms with E-state index >= 15 is 0 Å². The zero-order valence-corrected chi connectivity index (χ0v) is 11.3. The summed E-state index contributed by atoms with van der Waals surface area (Å²) in [6, 6.07) is 2.09. The first-order valence-electron chi connectivity index (χ1n) is 6.07. The molecule has 18 heavy (non-hydrogen) atoms. The minimum Gasteiger partial charge on any atom is -0.375 e. The van der Waals surface area contributed by atoms with E-state index in [1.807, 2.05) is 7.05 Å². The number of nitrogens with zero attached hydrogens (tertiary/aromatic N) is 3. The van der Waals surface area contributed by atoms with Crippen molar-refractivity contribution in [3.8, 4) is 0 Å². The third-order valence-electron chi connectivity index (χ3n) is 3.07. The van der Waals surface area contributed by atoms with E-state index in [9.17, 15) is 0 Å². The average molecular weight is 264 g/mol. The molecule has 0 radical (unpaired) electrons. The summed E-state index contributed by atoms with van der Waals surface area (Å²) >= 11 is 1.65. The average Bonchev–Trinajstić information content (AvgIpc) is 2.85. The number of morpholine rings is 1. The second-order valence-corrected chi connectivity index (χ2v) is 5.28. The zero-order chi connectivity index (χ0) is 12.5. The van der Waals surface area contributed by atoms with Gasteiger partial charge in [0.05, 0.1) is 18.1 Å². The molecule has 1 N–H and O–H groups in total. The zero-order valence-electron chi connectivity index (χ0n) is 10.5. The predicted molar refractivity (Wildman–Crippen MR) is 74.6 cm³/mol. The maximum Gasteiger partial charge on any atom is 0.225 e. The van der Waals surface area contributed by atoms with Gasteiger partial charge in [-0.05, 0) is 18.4 Å². The molecule has 2 aromatic heterocycles. The molecule has 1 unspecified atom stereocenters. The first kappa shape index (κ1) is 11.7. The first-order chi connectivity index (χ1) is 8.78. The predicted octanol–water partition coefficient (Wildman–Crippen LogP) is 1.96. The molecule has 0 saturated carbocycles. The summed E-state index contributed by atoms with van der Waals surface area (Å²) in [5.41, 5.74) is 0. The standard InChI is InChI=1S/C12H16N4OS/c1-8-7-16(4-5-17-8)10-9-3-6-18-11(9)15-12(13-2)14-10/h3,6,8H,4-5,7H2,1-2H3,(H,13,14,15). The summed E-state index contributed by atoms with van der Waals surface area (Å²) in [5.74, 6) is 1.69. The van der Waals surface area contributed by atoms with Crippen LogP contribution < -0.4 is 10.2 Å². The molecule has 5 nitrogen and oxygen atoms in total. The molecule has 0 aliphatic carbocycles. The van der Waals surface area contributed by atoms with E-state index in [1.54, 1.807) is 11.3 Å². The van der Waals surface area contributed by atoms with Crippen molar-refractivity contribution < 1.29 is 4.74 Å². The van der Waals surface area contributed by atoms with Crippen LogP contribution in [0, 0.1) is 0 Å². The number of ether oxygens (including phenoxy) is 1. The first-order valence-corrected chi connectivity index (χ1v) is 6.95. The fraction of sp³-hybridized carbons (Fsp3) is 0.500. The van der Waals surface area contributed by atoms with Crippen LogP contribution in [0.4, 0.5) is 11.8 Å². The highest BCUT2D eigenvalue weighted by atomic mass is 32.1. The topological polar surface area (TPSA) is 50.3 Å². The molecule has 0 aromatic carbocycles. The van der Waals surface area contributed by atoms with Crippen LogP contribution in [0.5, 0.6) is 0 Å². The van der Waals surface area contributed by atoms with E-state index in [4.69, 9.17) is 4.74 Å². The molecule has 3 heterocycles. The Hall–Kier alpha value is -1.40. The molecule has 1 fully saturated rings. The van der Waals surface area contributed by atoms with Gasteiger partial charge in [-0.2, -0.15) is 4.98 Å². The van der Waals surface area contributed by atoms with Gasteiger partial charge in [0.1, 0.15) is 10.6 Å². The second-order valence-electron chi connectivity index (χ2n) is 4.39. The van der Waals surface area contributed by atoms with Gasteiger partial charge in [-0.1, -0.05) is 0 Å². The minimum atomic E-state index is 0.250. The Morgan fingerprint density at radius 2 is 2.39 bits per heavy atom. The highest BCUT2D eigenvalue weighted by molar-refractivity contribution is 7.16. The molecular weight excluding hydrogens is 248 g/mol. The van der Waals surface area contributed by atoms with E-state index in [0.29, 0.717) is 5.95 Å². The number of rotatable bonds is 2. The molecule has 1 aliphatic heterocycles. The monoisotopic (exact) mass is 264 g/mol. The molecule has 96 valence electrons. The molecular formula is C12H16N4OS. The second kappa shape index (κ2) is 4.70.